The highest BCUT2D eigenvalue weighted by atomic mass is 35.5. The Morgan fingerprint density at radius 1 is 1.07 bits per heavy atom. The third-order valence-electron chi connectivity index (χ3n) is 5.64. The first kappa shape index (κ1) is 22.4. The van der Waals surface area contributed by atoms with E-state index in [2.05, 4.69) is 9.88 Å². The molecule has 5 nitrogen and oxygen atoms in total. The number of nitrogens with one attached hydrogen (secondary N) is 1. The van der Waals surface area contributed by atoms with Crippen LogP contribution in [0.4, 0.5) is 5.82 Å². The summed E-state index contributed by atoms with van der Waals surface area (Å²) in [6.45, 7) is 9.47. The van der Waals surface area contributed by atoms with Crippen LogP contribution in [0.1, 0.15) is 90.9 Å². The van der Waals surface area contributed by atoms with Crippen molar-refractivity contribution in [3.05, 3.63) is 51.7 Å². The Labute approximate surface area is 183 Å². The first-order chi connectivity index (χ1) is 14.1. The van der Waals surface area contributed by atoms with Gasteiger partial charge >= 0.3 is 5.97 Å². The Balaban J connectivity index is 2.06. The number of carbonyl (C=O) groups is 2. The quantitative estimate of drug-likeness (QED) is 0.565. The van der Waals surface area contributed by atoms with Crippen LogP contribution in [0.2, 0.25) is 5.02 Å². The van der Waals surface area contributed by atoms with Gasteiger partial charge in [0.15, 0.2) is 0 Å². The Hall–Kier alpha value is -2.27. The fourth-order valence-electron chi connectivity index (χ4n) is 4.11. The van der Waals surface area contributed by atoms with Gasteiger partial charge in [-0.3, -0.25) is 4.79 Å². The summed E-state index contributed by atoms with van der Waals surface area (Å²) in [5, 5.41) is 3.59. The number of halogens is 1. The van der Waals surface area contributed by atoms with Crippen molar-refractivity contribution in [2.24, 2.45) is 0 Å². The molecule has 1 N–H and O–H groups in total. The van der Waals surface area contributed by atoms with Crippen LogP contribution < -0.4 is 5.32 Å². The van der Waals surface area contributed by atoms with Gasteiger partial charge in [0.2, 0.25) is 0 Å². The fourth-order valence-corrected chi connectivity index (χ4v) is 4.23. The van der Waals surface area contributed by atoms with Crippen molar-refractivity contribution >= 4 is 29.3 Å². The average Bonchev–Trinajstić information content (AvgIpc) is 2.91. The maximum atomic E-state index is 13.1. The van der Waals surface area contributed by atoms with Gasteiger partial charge in [-0.25, -0.2) is 4.79 Å². The molecule has 6 heteroatoms. The highest BCUT2D eigenvalue weighted by molar-refractivity contribution is 6.30. The van der Waals surface area contributed by atoms with E-state index in [0.29, 0.717) is 22.0 Å². The third kappa shape index (κ3) is 4.89. The van der Waals surface area contributed by atoms with Crippen LogP contribution in [-0.2, 0) is 4.74 Å². The van der Waals surface area contributed by atoms with Crippen molar-refractivity contribution < 1.29 is 14.3 Å². The van der Waals surface area contributed by atoms with Crippen LogP contribution in [0, 0.1) is 13.8 Å². The zero-order valence-electron chi connectivity index (χ0n) is 18.5. The number of ether oxygens (including phenoxy) is 1. The molecule has 1 heterocycles. The number of amides is 1. The van der Waals surface area contributed by atoms with E-state index in [1.54, 1.807) is 24.3 Å². The van der Waals surface area contributed by atoms with E-state index >= 15 is 0 Å². The number of hydrogen-bond donors (Lipinski definition) is 1. The number of rotatable bonds is 4. The monoisotopic (exact) mass is 430 g/mol. The predicted octanol–water partition coefficient (Wildman–Crippen LogP) is 6.47. The lowest BCUT2D eigenvalue weighted by atomic mass is 9.95. The summed E-state index contributed by atoms with van der Waals surface area (Å²) in [7, 11) is 0. The molecule has 0 radical (unpaired) electrons. The van der Waals surface area contributed by atoms with Crippen molar-refractivity contribution in [1.29, 1.82) is 0 Å². The van der Waals surface area contributed by atoms with Gasteiger partial charge in [0.1, 0.15) is 17.0 Å². The minimum Gasteiger partial charge on any atom is -0.456 e. The van der Waals surface area contributed by atoms with Crippen LogP contribution in [0.15, 0.2) is 24.3 Å². The number of nitrogens with zero attached hydrogens (tertiary/aromatic N) is 1. The normalized spacial score (nSPS) is 15.1. The Kier molecular flexibility index (Phi) is 6.61. The van der Waals surface area contributed by atoms with Crippen LogP contribution >= 0.6 is 11.6 Å². The second kappa shape index (κ2) is 8.84. The van der Waals surface area contributed by atoms with E-state index in [9.17, 15) is 9.59 Å². The van der Waals surface area contributed by atoms with Crippen LogP contribution in [0.3, 0.4) is 0 Å². The van der Waals surface area contributed by atoms with Crippen molar-refractivity contribution in [3.63, 3.8) is 0 Å². The Bertz CT molecular complexity index is 933. The first-order valence-corrected chi connectivity index (χ1v) is 11.0. The summed E-state index contributed by atoms with van der Waals surface area (Å²) < 4.78 is 7.82. The van der Waals surface area contributed by atoms with Gasteiger partial charge in [0.25, 0.3) is 5.91 Å². The molecule has 1 amide bonds. The highest BCUT2D eigenvalue weighted by Gasteiger charge is 2.31. The lowest BCUT2D eigenvalue weighted by Crippen LogP contribution is -2.26. The molecule has 2 aromatic rings. The molecule has 0 aliphatic heterocycles. The molecule has 162 valence electrons. The predicted molar refractivity (Wildman–Crippen MR) is 121 cm³/mol. The maximum absolute atomic E-state index is 13.1. The molecule has 30 heavy (non-hydrogen) atoms. The molecular formula is C24H31ClN2O3. The van der Waals surface area contributed by atoms with Crippen molar-refractivity contribution in [2.75, 3.05) is 5.32 Å². The molecule has 3 rings (SSSR count). The van der Waals surface area contributed by atoms with Crippen LogP contribution in [-0.4, -0.2) is 22.0 Å². The van der Waals surface area contributed by atoms with Crippen LogP contribution in [0.5, 0.6) is 0 Å². The Morgan fingerprint density at radius 2 is 1.67 bits per heavy atom. The van der Waals surface area contributed by atoms with E-state index < -0.39 is 11.6 Å². The first-order valence-electron chi connectivity index (χ1n) is 10.6. The van der Waals surface area contributed by atoms with Crippen molar-refractivity contribution in [2.45, 2.75) is 78.4 Å². The van der Waals surface area contributed by atoms with Gasteiger partial charge in [-0.1, -0.05) is 30.9 Å². The molecule has 1 aliphatic carbocycles. The number of benzene rings is 1. The van der Waals surface area contributed by atoms with Gasteiger partial charge in [-0.15, -0.1) is 0 Å². The van der Waals surface area contributed by atoms with E-state index in [4.69, 9.17) is 16.3 Å². The largest absolute Gasteiger partial charge is 0.456 e. The molecule has 1 aliphatic rings. The summed E-state index contributed by atoms with van der Waals surface area (Å²) >= 11 is 5.96. The molecule has 0 unspecified atom stereocenters. The summed E-state index contributed by atoms with van der Waals surface area (Å²) in [5.74, 6) is -0.152. The standard InChI is InChI=1S/C24H31ClN2O3/c1-15-16(2)27(19-9-7-6-8-10-19)21(20(15)23(29)30-24(3,4)5)26-22(28)17-11-13-18(25)14-12-17/h11-14,19H,6-10H2,1-5H3,(H,26,28). The van der Waals surface area contributed by atoms with Gasteiger partial charge in [-0.05, 0) is 77.3 Å². The van der Waals surface area contributed by atoms with Gasteiger partial charge in [0.05, 0.1) is 0 Å². The third-order valence-corrected chi connectivity index (χ3v) is 5.89. The molecule has 0 atom stereocenters. The minimum absolute atomic E-state index is 0.258. The second-order valence-electron chi connectivity index (χ2n) is 9.06. The van der Waals surface area contributed by atoms with E-state index in [1.807, 2.05) is 34.6 Å². The highest BCUT2D eigenvalue weighted by Crippen LogP contribution is 2.38. The smallest absolute Gasteiger partial charge is 0.342 e. The van der Waals surface area contributed by atoms with Crippen molar-refractivity contribution in [3.8, 4) is 0 Å². The molecular weight excluding hydrogens is 400 g/mol. The van der Waals surface area contributed by atoms with E-state index in [0.717, 1.165) is 36.9 Å². The summed E-state index contributed by atoms with van der Waals surface area (Å²) in [4.78, 5) is 26.1. The molecule has 1 aromatic heterocycles. The fraction of sp³-hybridized carbons (Fsp3) is 0.500. The Morgan fingerprint density at radius 3 is 2.23 bits per heavy atom. The number of esters is 1. The lowest BCUT2D eigenvalue weighted by Gasteiger charge is -2.27. The number of carbonyl (C=O) groups excluding carboxylic acids is 2. The second-order valence-corrected chi connectivity index (χ2v) is 9.50. The molecule has 0 bridgehead atoms. The number of anilines is 1. The number of aromatic nitrogens is 1. The maximum Gasteiger partial charge on any atom is 0.342 e. The van der Waals surface area contributed by atoms with Gasteiger partial charge in [0, 0.05) is 22.3 Å². The zero-order chi connectivity index (χ0) is 22.1. The van der Waals surface area contributed by atoms with E-state index in [1.165, 1.54) is 6.42 Å². The summed E-state index contributed by atoms with van der Waals surface area (Å²) in [6, 6.07) is 6.98. The van der Waals surface area contributed by atoms with Gasteiger partial charge in [-0.2, -0.15) is 0 Å². The molecule has 0 saturated heterocycles. The average molecular weight is 431 g/mol. The molecule has 1 aromatic carbocycles. The van der Waals surface area contributed by atoms with Gasteiger partial charge < -0.3 is 14.6 Å². The van der Waals surface area contributed by atoms with Crippen molar-refractivity contribution in [1.82, 2.24) is 4.57 Å². The zero-order valence-corrected chi connectivity index (χ0v) is 19.2. The molecule has 1 fully saturated rings. The molecule has 1 saturated carbocycles. The summed E-state index contributed by atoms with van der Waals surface area (Å²) in [6.07, 6.45) is 5.58. The summed E-state index contributed by atoms with van der Waals surface area (Å²) in [5.41, 5.74) is 2.15. The lowest BCUT2D eigenvalue weighted by molar-refractivity contribution is 0.00700. The SMILES string of the molecule is Cc1c(C(=O)OC(C)(C)C)c(NC(=O)c2ccc(Cl)cc2)n(C2CCCCC2)c1C. The minimum atomic E-state index is -0.623. The molecule has 0 spiro atoms. The van der Waals surface area contributed by atoms with E-state index in [-0.39, 0.29) is 11.9 Å². The number of hydrogen-bond acceptors (Lipinski definition) is 3. The van der Waals surface area contributed by atoms with Crippen LogP contribution in [0.25, 0.3) is 0 Å². The topological polar surface area (TPSA) is 60.3 Å².